The molecule has 0 aliphatic carbocycles. The molecule has 5 nitrogen and oxygen atoms in total. The fraction of sp³-hybridized carbons (Fsp3) is 0.0952. The maximum Gasteiger partial charge on any atom is 0.272 e. The van der Waals surface area contributed by atoms with Gasteiger partial charge in [0.05, 0.1) is 21.2 Å². The van der Waals surface area contributed by atoms with Crippen molar-refractivity contribution in [2.45, 2.75) is 13.8 Å². The molecule has 1 aromatic heterocycles. The van der Waals surface area contributed by atoms with Crippen LogP contribution >= 0.6 is 34.5 Å². The summed E-state index contributed by atoms with van der Waals surface area (Å²) in [6.45, 7) is 3.71. The third-order valence-electron chi connectivity index (χ3n) is 4.00. The number of rotatable bonds is 5. The van der Waals surface area contributed by atoms with E-state index in [1.54, 1.807) is 31.2 Å². The molecule has 0 unspecified atom stereocenters. The molecule has 0 aliphatic heterocycles. The minimum absolute atomic E-state index is 0.166. The molecule has 2 N–H and O–H groups in total. The van der Waals surface area contributed by atoms with Crippen molar-refractivity contribution in [3.63, 3.8) is 0 Å². The lowest BCUT2D eigenvalue weighted by Crippen LogP contribution is -2.19. The van der Waals surface area contributed by atoms with E-state index in [2.05, 4.69) is 15.8 Å². The number of benzene rings is 2. The highest BCUT2D eigenvalue weighted by Crippen LogP contribution is 2.21. The number of hydrazone groups is 1. The molecule has 2 aromatic carbocycles. The lowest BCUT2D eigenvalue weighted by Gasteiger charge is -2.08. The first-order valence-electron chi connectivity index (χ1n) is 8.61. The number of hydrogen-bond acceptors (Lipinski definition) is 4. The van der Waals surface area contributed by atoms with Crippen LogP contribution in [-0.4, -0.2) is 17.5 Å². The summed E-state index contributed by atoms with van der Waals surface area (Å²) in [5, 5.41) is 7.69. The maximum atomic E-state index is 12.3. The molecule has 0 saturated heterocycles. The van der Waals surface area contributed by atoms with Crippen molar-refractivity contribution >= 4 is 57.8 Å². The van der Waals surface area contributed by atoms with E-state index in [1.165, 1.54) is 23.5 Å². The maximum absolute atomic E-state index is 12.3. The van der Waals surface area contributed by atoms with E-state index < -0.39 is 5.91 Å². The highest BCUT2D eigenvalue weighted by molar-refractivity contribution is 7.14. The average Bonchev–Trinajstić information content (AvgIpc) is 3.12. The highest BCUT2D eigenvalue weighted by atomic mass is 35.5. The van der Waals surface area contributed by atoms with Crippen LogP contribution in [0.4, 0.5) is 5.69 Å². The molecule has 3 aromatic rings. The first-order chi connectivity index (χ1) is 13.8. The number of carbonyl (C=O) groups excluding carboxylic acids is 2. The number of amides is 2. The SMILES string of the molecule is C/C(=N/NC(=O)c1ccc(Cl)cc1Cl)c1cccc(NC(=O)c2ccc(C)s2)c1. The molecule has 0 atom stereocenters. The zero-order valence-corrected chi connectivity index (χ0v) is 18.0. The van der Waals surface area contributed by atoms with Gasteiger partial charge in [-0.1, -0.05) is 35.3 Å². The van der Waals surface area contributed by atoms with Crippen molar-refractivity contribution in [2.75, 3.05) is 5.32 Å². The van der Waals surface area contributed by atoms with E-state index in [0.29, 0.717) is 21.3 Å². The fourth-order valence-electron chi connectivity index (χ4n) is 2.50. The summed E-state index contributed by atoms with van der Waals surface area (Å²) in [5.74, 6) is -0.607. The Labute approximate surface area is 182 Å². The van der Waals surface area contributed by atoms with Crippen LogP contribution in [0.1, 0.15) is 37.4 Å². The number of aryl methyl sites for hydroxylation is 1. The Bertz CT molecular complexity index is 1110. The fourth-order valence-corrected chi connectivity index (χ4v) is 3.76. The molecule has 8 heteroatoms. The molecule has 0 spiro atoms. The van der Waals surface area contributed by atoms with E-state index in [-0.39, 0.29) is 16.5 Å². The Hall–Kier alpha value is -2.67. The lowest BCUT2D eigenvalue weighted by molar-refractivity contribution is 0.0954. The van der Waals surface area contributed by atoms with Crippen molar-refractivity contribution in [2.24, 2.45) is 5.10 Å². The molecule has 1 heterocycles. The van der Waals surface area contributed by atoms with Crippen molar-refractivity contribution < 1.29 is 9.59 Å². The smallest absolute Gasteiger partial charge is 0.272 e. The molecule has 0 bridgehead atoms. The van der Waals surface area contributed by atoms with E-state index >= 15 is 0 Å². The Morgan fingerprint density at radius 3 is 2.48 bits per heavy atom. The lowest BCUT2D eigenvalue weighted by atomic mass is 10.1. The second-order valence-corrected chi connectivity index (χ2v) is 8.34. The molecular formula is C21H17Cl2N3O2S. The van der Waals surface area contributed by atoms with Crippen molar-refractivity contribution in [1.29, 1.82) is 0 Å². The van der Waals surface area contributed by atoms with Gasteiger partial charge in [-0.2, -0.15) is 5.10 Å². The van der Waals surface area contributed by atoms with Gasteiger partial charge in [0.2, 0.25) is 0 Å². The standard InChI is InChI=1S/C21H17Cl2N3O2S/c1-12-6-9-19(29-12)21(28)24-16-5-3-4-14(10-16)13(2)25-26-20(27)17-8-7-15(22)11-18(17)23/h3-11H,1-2H3,(H,24,28)(H,26,27)/b25-13-. The van der Waals surface area contributed by atoms with Crippen LogP contribution in [0.3, 0.4) is 0 Å². The molecule has 148 valence electrons. The van der Waals surface area contributed by atoms with Gasteiger partial charge in [-0.15, -0.1) is 11.3 Å². The minimum Gasteiger partial charge on any atom is -0.321 e. The molecule has 0 saturated carbocycles. The zero-order chi connectivity index (χ0) is 21.0. The predicted molar refractivity (Wildman–Crippen MR) is 120 cm³/mol. The molecule has 29 heavy (non-hydrogen) atoms. The summed E-state index contributed by atoms with van der Waals surface area (Å²) < 4.78 is 0. The number of nitrogens with one attached hydrogen (secondary N) is 2. The summed E-state index contributed by atoms with van der Waals surface area (Å²) in [6, 6.07) is 15.5. The van der Waals surface area contributed by atoms with Gasteiger partial charge < -0.3 is 5.32 Å². The van der Waals surface area contributed by atoms with Crippen LogP contribution in [0.2, 0.25) is 10.0 Å². The number of carbonyl (C=O) groups is 2. The Kier molecular flexibility index (Phi) is 6.69. The highest BCUT2D eigenvalue weighted by Gasteiger charge is 2.11. The van der Waals surface area contributed by atoms with Crippen molar-refractivity contribution in [3.8, 4) is 0 Å². The topological polar surface area (TPSA) is 70.6 Å². The summed E-state index contributed by atoms with van der Waals surface area (Å²) >= 11 is 13.3. The van der Waals surface area contributed by atoms with Gasteiger partial charge in [-0.3, -0.25) is 9.59 Å². The second kappa shape index (κ2) is 9.22. The van der Waals surface area contributed by atoms with E-state index in [9.17, 15) is 9.59 Å². The van der Waals surface area contributed by atoms with E-state index in [1.807, 2.05) is 25.1 Å². The van der Waals surface area contributed by atoms with Gasteiger partial charge in [0.1, 0.15) is 0 Å². The zero-order valence-electron chi connectivity index (χ0n) is 15.6. The third-order valence-corrected chi connectivity index (χ3v) is 5.55. The number of anilines is 1. The van der Waals surface area contributed by atoms with Gasteiger partial charge in [0.25, 0.3) is 11.8 Å². The third kappa shape index (κ3) is 5.44. The summed E-state index contributed by atoms with van der Waals surface area (Å²) in [7, 11) is 0. The molecule has 3 rings (SSSR count). The van der Waals surface area contributed by atoms with Crippen LogP contribution < -0.4 is 10.7 Å². The molecule has 2 amide bonds. The van der Waals surface area contributed by atoms with Crippen LogP contribution in [-0.2, 0) is 0 Å². The molecule has 0 fully saturated rings. The normalized spacial score (nSPS) is 11.2. The van der Waals surface area contributed by atoms with Gasteiger partial charge in [0, 0.05) is 15.6 Å². The van der Waals surface area contributed by atoms with Crippen LogP contribution in [0.25, 0.3) is 0 Å². The van der Waals surface area contributed by atoms with E-state index in [4.69, 9.17) is 23.2 Å². The van der Waals surface area contributed by atoms with Gasteiger partial charge in [-0.05, 0) is 61.9 Å². The Balaban J connectivity index is 1.70. The number of halogens is 2. The van der Waals surface area contributed by atoms with Crippen LogP contribution in [0, 0.1) is 6.92 Å². The number of thiophene rings is 1. The quantitative estimate of drug-likeness (QED) is 0.386. The van der Waals surface area contributed by atoms with Crippen LogP contribution in [0.5, 0.6) is 0 Å². The number of hydrogen-bond donors (Lipinski definition) is 2. The monoisotopic (exact) mass is 445 g/mol. The second-order valence-electron chi connectivity index (χ2n) is 6.21. The molecule has 0 radical (unpaired) electrons. The average molecular weight is 446 g/mol. The minimum atomic E-state index is -0.441. The Morgan fingerprint density at radius 1 is 1.00 bits per heavy atom. The summed E-state index contributed by atoms with van der Waals surface area (Å²) in [5.41, 5.74) is 4.73. The predicted octanol–water partition coefficient (Wildman–Crippen LogP) is 5.77. The number of nitrogens with zero attached hydrogens (tertiary/aromatic N) is 1. The van der Waals surface area contributed by atoms with E-state index in [0.717, 1.165) is 10.4 Å². The molecule has 0 aliphatic rings. The van der Waals surface area contributed by atoms with Crippen LogP contribution in [0.15, 0.2) is 59.7 Å². The molecular weight excluding hydrogens is 429 g/mol. The largest absolute Gasteiger partial charge is 0.321 e. The van der Waals surface area contributed by atoms with Gasteiger partial charge in [0.15, 0.2) is 0 Å². The Morgan fingerprint density at radius 2 is 1.79 bits per heavy atom. The van der Waals surface area contributed by atoms with Crippen molar-refractivity contribution in [3.05, 3.63) is 85.5 Å². The van der Waals surface area contributed by atoms with Gasteiger partial charge >= 0.3 is 0 Å². The first-order valence-corrected chi connectivity index (χ1v) is 10.2. The van der Waals surface area contributed by atoms with Gasteiger partial charge in [-0.25, -0.2) is 5.43 Å². The summed E-state index contributed by atoms with van der Waals surface area (Å²) in [6.07, 6.45) is 0. The van der Waals surface area contributed by atoms with Crippen molar-refractivity contribution in [1.82, 2.24) is 5.43 Å². The summed E-state index contributed by atoms with van der Waals surface area (Å²) in [4.78, 5) is 26.3. The first kappa shape index (κ1) is 21.0.